The summed E-state index contributed by atoms with van der Waals surface area (Å²) >= 11 is 0. The van der Waals surface area contributed by atoms with Gasteiger partial charge in [0.15, 0.2) is 5.60 Å². The van der Waals surface area contributed by atoms with Crippen LogP contribution in [0.3, 0.4) is 0 Å². The largest absolute Gasteiger partial charge is 0.375 e. The molecule has 2 atom stereocenters. The first-order chi connectivity index (χ1) is 12.6. The molecule has 0 saturated heterocycles. The summed E-state index contributed by atoms with van der Waals surface area (Å²) in [6.07, 6.45) is 17.5. The van der Waals surface area contributed by atoms with Crippen LogP contribution >= 0.6 is 0 Å². The summed E-state index contributed by atoms with van der Waals surface area (Å²) in [5.74, 6) is -0.879. The maximum Gasteiger partial charge on any atom is 0.254 e. The minimum absolute atomic E-state index is 0.232. The van der Waals surface area contributed by atoms with E-state index in [1.54, 1.807) is 0 Å². The second-order valence-corrected chi connectivity index (χ2v) is 7.65. The van der Waals surface area contributed by atoms with E-state index in [2.05, 4.69) is 6.92 Å². The Morgan fingerprint density at radius 3 is 2.19 bits per heavy atom. The van der Waals surface area contributed by atoms with Gasteiger partial charge in [-0.25, -0.2) is 0 Å². The highest BCUT2D eigenvalue weighted by molar-refractivity contribution is 5.88. The lowest BCUT2D eigenvalue weighted by atomic mass is 9.73. The average Bonchev–Trinajstić information content (AvgIpc) is 2.65. The van der Waals surface area contributed by atoms with E-state index in [0.29, 0.717) is 5.56 Å². The number of benzene rings is 1. The third-order valence-electron chi connectivity index (χ3n) is 5.66. The van der Waals surface area contributed by atoms with Crippen molar-refractivity contribution in [2.75, 3.05) is 0 Å². The predicted molar refractivity (Wildman–Crippen MR) is 109 cm³/mol. The monoisotopic (exact) mass is 357 g/mol. The molecule has 0 spiro atoms. The number of primary amides is 1. The van der Waals surface area contributed by atoms with Crippen molar-refractivity contribution < 1.29 is 9.90 Å². The lowest BCUT2D eigenvalue weighted by Crippen LogP contribution is -2.48. The van der Waals surface area contributed by atoms with Crippen LogP contribution in [0.2, 0.25) is 0 Å². The van der Waals surface area contributed by atoms with Gasteiger partial charge in [-0.05, 0) is 12.0 Å². The molecule has 2 unspecified atom stereocenters. The lowest BCUT2D eigenvalue weighted by Gasteiger charge is -2.36. The van der Waals surface area contributed by atoms with Gasteiger partial charge in [0, 0.05) is 11.5 Å². The summed E-state index contributed by atoms with van der Waals surface area (Å²) in [4.78, 5) is 12.1. The van der Waals surface area contributed by atoms with Crippen LogP contribution in [-0.2, 0) is 10.4 Å². The van der Waals surface area contributed by atoms with Crippen LogP contribution in [0, 0.1) is 5.92 Å². The molecule has 0 bridgehead atoms. The van der Waals surface area contributed by atoms with Crippen molar-refractivity contribution in [3.8, 4) is 0 Å². The molecule has 0 saturated carbocycles. The highest BCUT2D eigenvalue weighted by atomic mass is 16.3. The molecule has 1 amide bonds. The Morgan fingerprint density at radius 2 is 1.58 bits per heavy atom. The molecule has 144 valence electrons. The normalized spacial score (nSPS) is 21.5. The van der Waals surface area contributed by atoms with Gasteiger partial charge in [-0.2, -0.15) is 0 Å². The van der Waals surface area contributed by atoms with E-state index in [1.807, 2.05) is 36.4 Å². The minimum atomic E-state index is -1.58. The van der Waals surface area contributed by atoms with Gasteiger partial charge in [0.05, 0.1) is 0 Å². The van der Waals surface area contributed by atoms with Gasteiger partial charge in [-0.1, -0.05) is 108 Å². The predicted octanol–water partition coefficient (Wildman–Crippen LogP) is 5.31. The Hall–Kier alpha value is -1.61. The van der Waals surface area contributed by atoms with Crippen LogP contribution in [0.25, 0.3) is 6.08 Å². The summed E-state index contributed by atoms with van der Waals surface area (Å²) in [5, 5.41) is 11.1. The van der Waals surface area contributed by atoms with E-state index in [0.717, 1.165) is 24.8 Å². The quantitative estimate of drug-likeness (QED) is 0.498. The maximum atomic E-state index is 12.1. The van der Waals surface area contributed by atoms with Crippen molar-refractivity contribution in [2.24, 2.45) is 11.7 Å². The van der Waals surface area contributed by atoms with Crippen LogP contribution in [-0.4, -0.2) is 11.0 Å². The number of aliphatic hydroxyl groups is 1. The van der Waals surface area contributed by atoms with Crippen molar-refractivity contribution in [1.82, 2.24) is 0 Å². The first kappa shape index (κ1) is 20.7. The fraction of sp³-hybridized carbons (Fsp3) is 0.609. The topological polar surface area (TPSA) is 63.3 Å². The van der Waals surface area contributed by atoms with Crippen LogP contribution in [0.4, 0.5) is 0 Å². The molecule has 0 heterocycles. The number of rotatable bonds is 12. The second kappa shape index (κ2) is 10.5. The number of hydrogen-bond donors (Lipinski definition) is 2. The molecule has 26 heavy (non-hydrogen) atoms. The Kier molecular flexibility index (Phi) is 8.37. The molecule has 0 fully saturated rings. The molecule has 2 rings (SSSR count). The molecule has 1 aliphatic rings. The number of hydrogen-bond acceptors (Lipinski definition) is 2. The van der Waals surface area contributed by atoms with Crippen LogP contribution in [0.1, 0.15) is 88.7 Å². The molecule has 1 aromatic carbocycles. The van der Waals surface area contributed by atoms with E-state index < -0.39 is 11.5 Å². The number of carbonyl (C=O) groups is 1. The maximum absolute atomic E-state index is 12.1. The fourth-order valence-electron chi connectivity index (χ4n) is 4.02. The van der Waals surface area contributed by atoms with E-state index >= 15 is 0 Å². The summed E-state index contributed by atoms with van der Waals surface area (Å²) < 4.78 is 0. The Morgan fingerprint density at radius 1 is 1.00 bits per heavy atom. The van der Waals surface area contributed by atoms with Crippen LogP contribution in [0.15, 0.2) is 30.3 Å². The number of fused-ring (bicyclic) bond motifs is 1. The summed E-state index contributed by atoms with van der Waals surface area (Å²) in [6, 6.07) is 7.49. The zero-order valence-electron chi connectivity index (χ0n) is 16.3. The van der Waals surface area contributed by atoms with Gasteiger partial charge in [0.1, 0.15) is 0 Å². The third-order valence-corrected chi connectivity index (χ3v) is 5.66. The average molecular weight is 358 g/mol. The summed E-state index contributed by atoms with van der Waals surface area (Å²) in [6.45, 7) is 2.25. The third kappa shape index (κ3) is 5.20. The molecule has 3 N–H and O–H groups in total. The fourth-order valence-corrected chi connectivity index (χ4v) is 4.02. The van der Waals surface area contributed by atoms with Gasteiger partial charge in [-0.15, -0.1) is 0 Å². The smallest absolute Gasteiger partial charge is 0.254 e. The molecular weight excluding hydrogens is 322 g/mol. The second-order valence-electron chi connectivity index (χ2n) is 7.65. The minimum Gasteiger partial charge on any atom is -0.375 e. The molecule has 0 aromatic heterocycles. The van der Waals surface area contributed by atoms with Crippen molar-refractivity contribution in [1.29, 1.82) is 0 Å². The standard InChI is InChI=1S/C23H35NO2/c1-2-3-4-5-6-7-8-9-10-11-15-20-18-17-19-14-12-13-16-21(19)23(20,26)22(24)25/h12-14,16-18,20,26H,2-11,15H2,1H3,(H2,24,25). The Bertz CT molecular complexity index is 596. The van der Waals surface area contributed by atoms with Crippen molar-refractivity contribution >= 4 is 12.0 Å². The summed E-state index contributed by atoms with van der Waals surface area (Å²) in [5.41, 5.74) is 5.55. The first-order valence-corrected chi connectivity index (χ1v) is 10.4. The van der Waals surface area contributed by atoms with Gasteiger partial charge < -0.3 is 10.8 Å². The van der Waals surface area contributed by atoms with Crippen LogP contribution < -0.4 is 5.73 Å². The van der Waals surface area contributed by atoms with Crippen molar-refractivity contribution in [2.45, 2.75) is 83.2 Å². The van der Waals surface area contributed by atoms with E-state index in [-0.39, 0.29) is 5.92 Å². The van der Waals surface area contributed by atoms with Crippen molar-refractivity contribution in [3.63, 3.8) is 0 Å². The van der Waals surface area contributed by atoms with E-state index in [9.17, 15) is 9.90 Å². The molecule has 0 radical (unpaired) electrons. The van der Waals surface area contributed by atoms with Crippen molar-refractivity contribution in [3.05, 3.63) is 41.5 Å². The molecule has 3 nitrogen and oxygen atoms in total. The first-order valence-electron chi connectivity index (χ1n) is 10.4. The van der Waals surface area contributed by atoms with Crippen LogP contribution in [0.5, 0.6) is 0 Å². The Balaban J connectivity index is 1.75. The summed E-state index contributed by atoms with van der Waals surface area (Å²) in [7, 11) is 0. The number of amides is 1. The lowest BCUT2D eigenvalue weighted by molar-refractivity contribution is -0.142. The zero-order chi connectivity index (χ0) is 18.8. The van der Waals surface area contributed by atoms with Gasteiger partial charge in [0.2, 0.25) is 0 Å². The number of unbranched alkanes of at least 4 members (excludes halogenated alkanes) is 9. The number of nitrogens with two attached hydrogens (primary N) is 1. The number of carbonyl (C=O) groups excluding carboxylic acids is 1. The Labute approximate surface area is 158 Å². The SMILES string of the molecule is CCCCCCCCCCCCC1C=Cc2ccccc2C1(O)C(N)=O. The van der Waals surface area contributed by atoms with Gasteiger partial charge >= 0.3 is 0 Å². The highest BCUT2D eigenvalue weighted by Crippen LogP contribution is 2.40. The zero-order valence-corrected chi connectivity index (χ0v) is 16.3. The van der Waals surface area contributed by atoms with E-state index in [1.165, 1.54) is 51.4 Å². The molecule has 3 heteroatoms. The highest BCUT2D eigenvalue weighted by Gasteiger charge is 2.45. The molecule has 0 aliphatic heterocycles. The van der Waals surface area contributed by atoms with Gasteiger partial charge in [-0.3, -0.25) is 4.79 Å². The molecule has 1 aliphatic carbocycles. The van der Waals surface area contributed by atoms with Gasteiger partial charge in [0.25, 0.3) is 5.91 Å². The van der Waals surface area contributed by atoms with E-state index in [4.69, 9.17) is 5.73 Å². The molecular formula is C23H35NO2. The molecule has 1 aromatic rings.